The maximum atomic E-state index is 11.4. The fourth-order valence-corrected chi connectivity index (χ4v) is 3.48. The van der Waals surface area contributed by atoms with E-state index < -0.39 is 6.10 Å². The lowest BCUT2D eigenvalue weighted by Gasteiger charge is -2.08. The van der Waals surface area contributed by atoms with Gasteiger partial charge in [-0.05, 0) is 48.1 Å². The Morgan fingerprint density at radius 2 is 1.96 bits per heavy atom. The number of carbonyl (C=O) groups excluding carboxylic acids is 1. The Balaban J connectivity index is 1.72. The minimum Gasteiger partial charge on any atom is -0.380 e. The lowest BCUT2D eigenvalue weighted by atomic mass is 10.1. The SMILES string of the molecule is CC(=O)NCc1nc(C(O)c2ccccc2)nn1-c1ccc2c(c1)CCC2. The molecule has 138 valence electrons. The summed E-state index contributed by atoms with van der Waals surface area (Å²) in [7, 11) is 0. The van der Waals surface area contributed by atoms with Gasteiger partial charge in [-0.3, -0.25) is 4.79 Å². The highest BCUT2D eigenvalue weighted by molar-refractivity contribution is 5.72. The first-order valence-electron chi connectivity index (χ1n) is 9.17. The van der Waals surface area contributed by atoms with Gasteiger partial charge in [0.05, 0.1) is 12.2 Å². The summed E-state index contributed by atoms with van der Waals surface area (Å²) >= 11 is 0. The second kappa shape index (κ2) is 7.32. The Bertz CT molecular complexity index is 966. The standard InChI is InChI=1S/C21H22N4O2/c1-14(26)22-13-19-23-21(20(27)16-6-3-2-4-7-16)24-25(19)18-11-10-15-8-5-9-17(15)12-18/h2-4,6-7,10-12,20,27H,5,8-9,13H2,1H3,(H,22,26). The Labute approximate surface area is 157 Å². The van der Waals surface area contributed by atoms with Gasteiger partial charge >= 0.3 is 0 Å². The number of carbonyl (C=O) groups is 1. The molecule has 0 radical (unpaired) electrons. The molecule has 1 atom stereocenters. The summed E-state index contributed by atoms with van der Waals surface area (Å²) in [6.45, 7) is 1.72. The van der Waals surface area contributed by atoms with Crippen LogP contribution in [-0.4, -0.2) is 25.8 Å². The third-order valence-electron chi connectivity index (χ3n) is 4.87. The molecule has 3 aromatic rings. The smallest absolute Gasteiger partial charge is 0.217 e. The lowest BCUT2D eigenvalue weighted by molar-refractivity contribution is -0.119. The van der Waals surface area contributed by atoms with Crippen molar-refractivity contribution in [3.05, 3.63) is 76.9 Å². The highest BCUT2D eigenvalue weighted by Gasteiger charge is 2.20. The fourth-order valence-electron chi connectivity index (χ4n) is 3.48. The molecular weight excluding hydrogens is 340 g/mol. The second-order valence-electron chi connectivity index (χ2n) is 6.83. The fraction of sp³-hybridized carbons (Fsp3) is 0.286. The number of rotatable bonds is 5. The molecule has 1 unspecified atom stereocenters. The van der Waals surface area contributed by atoms with Gasteiger partial charge < -0.3 is 10.4 Å². The minimum atomic E-state index is -0.919. The summed E-state index contributed by atoms with van der Waals surface area (Å²) in [5.74, 6) is 0.777. The van der Waals surface area contributed by atoms with Gasteiger partial charge in [0.1, 0.15) is 6.10 Å². The Morgan fingerprint density at radius 1 is 1.19 bits per heavy atom. The van der Waals surface area contributed by atoms with Crippen LogP contribution in [0.1, 0.15) is 47.8 Å². The zero-order chi connectivity index (χ0) is 18.8. The number of nitrogens with zero attached hydrogens (tertiary/aromatic N) is 3. The number of amides is 1. The Hall–Kier alpha value is -2.99. The molecule has 1 amide bonds. The van der Waals surface area contributed by atoms with Crippen LogP contribution in [0.25, 0.3) is 5.69 Å². The van der Waals surface area contributed by atoms with Crippen molar-refractivity contribution in [3.63, 3.8) is 0 Å². The number of hydrogen-bond acceptors (Lipinski definition) is 4. The number of aromatic nitrogens is 3. The molecule has 0 fully saturated rings. The van der Waals surface area contributed by atoms with Crippen LogP contribution in [0.4, 0.5) is 0 Å². The van der Waals surface area contributed by atoms with Crippen LogP contribution in [0.15, 0.2) is 48.5 Å². The van der Waals surface area contributed by atoms with Crippen molar-refractivity contribution in [2.45, 2.75) is 38.8 Å². The topological polar surface area (TPSA) is 80.0 Å². The van der Waals surface area contributed by atoms with Crippen molar-refractivity contribution < 1.29 is 9.90 Å². The number of benzene rings is 2. The average molecular weight is 362 g/mol. The number of aliphatic hydroxyl groups is 1. The molecule has 1 aliphatic rings. The summed E-state index contributed by atoms with van der Waals surface area (Å²) in [5.41, 5.74) is 4.34. The maximum absolute atomic E-state index is 11.4. The van der Waals surface area contributed by atoms with Crippen molar-refractivity contribution in [1.82, 2.24) is 20.1 Å². The van der Waals surface area contributed by atoms with Crippen molar-refractivity contribution >= 4 is 5.91 Å². The zero-order valence-corrected chi connectivity index (χ0v) is 15.2. The molecule has 27 heavy (non-hydrogen) atoms. The molecule has 2 N–H and O–H groups in total. The third-order valence-corrected chi connectivity index (χ3v) is 4.87. The van der Waals surface area contributed by atoms with E-state index in [1.807, 2.05) is 36.4 Å². The molecular formula is C21H22N4O2. The summed E-state index contributed by atoms with van der Waals surface area (Å²) in [4.78, 5) is 15.9. The largest absolute Gasteiger partial charge is 0.380 e. The van der Waals surface area contributed by atoms with E-state index in [1.54, 1.807) is 4.68 Å². The van der Waals surface area contributed by atoms with Crippen LogP contribution in [0.2, 0.25) is 0 Å². The van der Waals surface area contributed by atoms with E-state index in [9.17, 15) is 9.90 Å². The molecule has 0 bridgehead atoms. The summed E-state index contributed by atoms with van der Waals surface area (Å²) in [6.07, 6.45) is 2.44. The first-order chi connectivity index (χ1) is 13.1. The van der Waals surface area contributed by atoms with Crippen molar-refractivity contribution in [2.75, 3.05) is 0 Å². The molecule has 1 heterocycles. The van der Waals surface area contributed by atoms with Crippen LogP contribution >= 0.6 is 0 Å². The molecule has 0 spiro atoms. The average Bonchev–Trinajstić information content (AvgIpc) is 3.32. The zero-order valence-electron chi connectivity index (χ0n) is 15.2. The van der Waals surface area contributed by atoms with Gasteiger partial charge in [-0.2, -0.15) is 0 Å². The van der Waals surface area contributed by atoms with Crippen LogP contribution in [0.5, 0.6) is 0 Å². The van der Waals surface area contributed by atoms with Crippen LogP contribution in [-0.2, 0) is 24.2 Å². The number of nitrogens with one attached hydrogen (secondary N) is 1. The Kier molecular flexibility index (Phi) is 4.73. The van der Waals surface area contributed by atoms with Gasteiger partial charge in [0.25, 0.3) is 0 Å². The van der Waals surface area contributed by atoms with Gasteiger partial charge in [-0.1, -0.05) is 36.4 Å². The quantitative estimate of drug-likeness (QED) is 0.731. The molecule has 1 aliphatic carbocycles. The number of hydrogen-bond donors (Lipinski definition) is 2. The summed E-state index contributed by atoms with van der Waals surface area (Å²) in [6, 6.07) is 15.6. The molecule has 2 aromatic carbocycles. The van der Waals surface area contributed by atoms with Gasteiger partial charge in [-0.25, -0.2) is 9.67 Å². The monoisotopic (exact) mass is 362 g/mol. The van der Waals surface area contributed by atoms with Crippen molar-refractivity contribution in [1.29, 1.82) is 0 Å². The highest BCUT2D eigenvalue weighted by atomic mass is 16.3. The predicted molar refractivity (Wildman–Crippen MR) is 101 cm³/mol. The van der Waals surface area contributed by atoms with E-state index in [1.165, 1.54) is 24.5 Å². The van der Waals surface area contributed by atoms with Gasteiger partial charge in [0.2, 0.25) is 5.91 Å². The first kappa shape index (κ1) is 17.4. The number of aliphatic hydroxyl groups excluding tert-OH is 1. The summed E-state index contributed by atoms with van der Waals surface area (Å²) < 4.78 is 1.72. The third kappa shape index (κ3) is 3.61. The van der Waals surface area contributed by atoms with E-state index in [0.29, 0.717) is 11.6 Å². The lowest BCUT2D eigenvalue weighted by Crippen LogP contribution is -2.21. The molecule has 0 saturated heterocycles. The Morgan fingerprint density at radius 3 is 2.74 bits per heavy atom. The highest BCUT2D eigenvalue weighted by Crippen LogP contribution is 2.26. The van der Waals surface area contributed by atoms with E-state index >= 15 is 0 Å². The van der Waals surface area contributed by atoms with E-state index in [-0.39, 0.29) is 12.5 Å². The maximum Gasteiger partial charge on any atom is 0.217 e. The van der Waals surface area contributed by atoms with E-state index in [0.717, 1.165) is 24.1 Å². The van der Waals surface area contributed by atoms with Crippen LogP contribution in [0.3, 0.4) is 0 Å². The number of fused-ring (bicyclic) bond motifs is 1. The van der Waals surface area contributed by atoms with Gasteiger partial charge in [-0.15, -0.1) is 5.10 Å². The van der Waals surface area contributed by atoms with Crippen molar-refractivity contribution in [3.8, 4) is 5.69 Å². The molecule has 6 heteroatoms. The second-order valence-corrected chi connectivity index (χ2v) is 6.83. The molecule has 4 rings (SSSR count). The summed E-state index contributed by atoms with van der Waals surface area (Å²) in [5, 5.41) is 18.0. The normalized spacial score (nSPS) is 14.0. The van der Waals surface area contributed by atoms with Crippen molar-refractivity contribution in [2.24, 2.45) is 0 Å². The van der Waals surface area contributed by atoms with Crippen LogP contribution in [0, 0.1) is 0 Å². The number of aryl methyl sites for hydroxylation is 2. The molecule has 0 saturated carbocycles. The van der Waals surface area contributed by atoms with E-state index in [2.05, 4.69) is 27.5 Å². The van der Waals surface area contributed by atoms with Gasteiger partial charge in [0.15, 0.2) is 11.6 Å². The molecule has 0 aliphatic heterocycles. The van der Waals surface area contributed by atoms with Crippen LogP contribution < -0.4 is 5.32 Å². The molecule has 6 nitrogen and oxygen atoms in total. The van der Waals surface area contributed by atoms with E-state index in [4.69, 9.17) is 0 Å². The van der Waals surface area contributed by atoms with Gasteiger partial charge in [0, 0.05) is 6.92 Å². The first-order valence-corrected chi connectivity index (χ1v) is 9.17. The predicted octanol–water partition coefficient (Wildman–Crippen LogP) is 2.47. The minimum absolute atomic E-state index is 0.135. The molecule has 1 aromatic heterocycles.